The van der Waals surface area contributed by atoms with Crippen LogP contribution in [0.25, 0.3) is 0 Å². The first-order valence-corrected chi connectivity index (χ1v) is 8.18. The molecule has 0 radical (unpaired) electrons. The van der Waals surface area contributed by atoms with E-state index in [1.165, 1.54) is 0 Å². The minimum absolute atomic E-state index is 0. The van der Waals surface area contributed by atoms with Gasteiger partial charge >= 0.3 is 0 Å². The molecule has 0 aliphatic rings. The Labute approximate surface area is 167 Å². The Kier molecular flexibility index (Phi) is 12.6. The van der Waals surface area contributed by atoms with Crippen LogP contribution in [0.2, 0.25) is 0 Å². The van der Waals surface area contributed by atoms with Gasteiger partial charge in [0, 0.05) is 31.3 Å². The summed E-state index contributed by atoms with van der Waals surface area (Å²) in [4.78, 5) is 16.0. The second-order valence-corrected chi connectivity index (χ2v) is 5.06. The molecule has 0 saturated carbocycles. The van der Waals surface area contributed by atoms with Gasteiger partial charge in [-0.15, -0.1) is 24.0 Å². The average Bonchev–Trinajstić information content (AvgIpc) is 2.59. The summed E-state index contributed by atoms with van der Waals surface area (Å²) in [7, 11) is 3.19. The van der Waals surface area contributed by atoms with Gasteiger partial charge in [0.15, 0.2) is 17.5 Å². The van der Waals surface area contributed by atoms with E-state index in [4.69, 9.17) is 9.47 Å². The molecule has 0 aromatic heterocycles. The third-order valence-electron chi connectivity index (χ3n) is 3.17. The average molecular weight is 464 g/mol. The number of rotatable bonds is 9. The Morgan fingerprint density at radius 3 is 2.44 bits per heavy atom. The van der Waals surface area contributed by atoms with E-state index in [-0.39, 0.29) is 29.9 Å². The minimum Gasteiger partial charge on any atom is -0.493 e. The van der Waals surface area contributed by atoms with Crippen molar-refractivity contribution >= 4 is 41.5 Å². The molecule has 8 heteroatoms. The number of aliphatic imine (C=N–C) groups is 1. The maximum absolute atomic E-state index is 11.6. The van der Waals surface area contributed by atoms with Crippen LogP contribution in [0.3, 0.4) is 0 Å². The fourth-order valence-electron chi connectivity index (χ4n) is 1.98. The fourth-order valence-corrected chi connectivity index (χ4v) is 1.98. The number of hydrogen-bond donors (Lipinski definition) is 3. The molecule has 1 aromatic carbocycles. The predicted octanol–water partition coefficient (Wildman–Crippen LogP) is 2.62. The van der Waals surface area contributed by atoms with E-state index in [2.05, 4.69) is 20.9 Å². The number of carbonyl (C=O) groups excluding carboxylic acids is 1. The monoisotopic (exact) mass is 464 g/mol. The summed E-state index contributed by atoms with van der Waals surface area (Å²) >= 11 is 0. The number of carbonyl (C=O) groups is 1. The summed E-state index contributed by atoms with van der Waals surface area (Å²) in [6.07, 6.45) is 1.29. The normalized spacial score (nSPS) is 10.5. The van der Waals surface area contributed by atoms with Gasteiger partial charge in [-0.3, -0.25) is 9.79 Å². The zero-order valence-corrected chi connectivity index (χ0v) is 17.7. The number of nitrogens with one attached hydrogen (secondary N) is 3. The number of nitrogens with zero attached hydrogens (tertiary/aromatic N) is 1. The number of benzene rings is 1. The zero-order chi connectivity index (χ0) is 17.8. The Hall–Kier alpha value is -1.71. The van der Waals surface area contributed by atoms with Crippen LogP contribution < -0.4 is 25.4 Å². The van der Waals surface area contributed by atoms with Crippen molar-refractivity contribution in [1.29, 1.82) is 0 Å². The van der Waals surface area contributed by atoms with Crippen LogP contribution >= 0.6 is 24.0 Å². The third-order valence-corrected chi connectivity index (χ3v) is 3.17. The van der Waals surface area contributed by atoms with E-state index in [1.54, 1.807) is 14.2 Å². The Morgan fingerprint density at radius 2 is 1.84 bits per heavy atom. The molecule has 1 amide bonds. The number of hydrogen-bond acceptors (Lipinski definition) is 4. The second-order valence-electron chi connectivity index (χ2n) is 5.06. The molecule has 0 atom stereocenters. The van der Waals surface area contributed by atoms with E-state index in [9.17, 15) is 4.79 Å². The van der Waals surface area contributed by atoms with Gasteiger partial charge in [-0.05, 0) is 25.5 Å². The molecule has 0 unspecified atom stereocenters. The molecular formula is C17H29IN4O3. The molecule has 1 rings (SSSR count). The lowest BCUT2D eigenvalue weighted by Crippen LogP contribution is -2.31. The van der Waals surface area contributed by atoms with Gasteiger partial charge in [0.1, 0.15) is 0 Å². The van der Waals surface area contributed by atoms with Gasteiger partial charge in [-0.25, -0.2) is 0 Å². The summed E-state index contributed by atoms with van der Waals surface area (Å²) in [5.74, 6) is 1.94. The van der Waals surface area contributed by atoms with Crippen molar-refractivity contribution in [3.8, 4) is 11.5 Å². The van der Waals surface area contributed by atoms with Crippen molar-refractivity contribution in [1.82, 2.24) is 10.6 Å². The lowest BCUT2D eigenvalue weighted by molar-refractivity contribution is -0.120. The molecule has 25 heavy (non-hydrogen) atoms. The molecule has 0 aliphatic carbocycles. The van der Waals surface area contributed by atoms with Gasteiger partial charge < -0.3 is 25.4 Å². The Morgan fingerprint density at radius 1 is 1.12 bits per heavy atom. The number of halogens is 1. The van der Waals surface area contributed by atoms with Crippen LogP contribution in [0.15, 0.2) is 23.2 Å². The van der Waals surface area contributed by atoms with Crippen LogP contribution in [-0.4, -0.2) is 45.7 Å². The van der Waals surface area contributed by atoms with Gasteiger partial charge in [0.05, 0.1) is 20.8 Å². The highest BCUT2D eigenvalue weighted by Gasteiger charge is 2.06. The van der Waals surface area contributed by atoms with Crippen molar-refractivity contribution in [2.24, 2.45) is 4.99 Å². The molecule has 0 heterocycles. The van der Waals surface area contributed by atoms with Crippen molar-refractivity contribution in [2.75, 3.05) is 39.2 Å². The largest absolute Gasteiger partial charge is 0.493 e. The van der Waals surface area contributed by atoms with Gasteiger partial charge in [-0.2, -0.15) is 0 Å². The fraction of sp³-hybridized carbons (Fsp3) is 0.529. The molecular weight excluding hydrogens is 435 g/mol. The number of methoxy groups -OCH3 is 2. The smallest absolute Gasteiger partial charge is 0.221 e. The first-order chi connectivity index (χ1) is 11.6. The van der Waals surface area contributed by atoms with Crippen molar-refractivity contribution in [3.05, 3.63) is 18.2 Å². The SMILES string of the molecule is CCCNC(=O)CCN=C(NCC)Nc1ccc(OC)c(OC)c1.I. The number of amides is 1. The summed E-state index contributed by atoms with van der Waals surface area (Å²) in [5.41, 5.74) is 0.822. The first kappa shape index (κ1) is 23.3. The van der Waals surface area contributed by atoms with Crippen molar-refractivity contribution in [3.63, 3.8) is 0 Å². The second kappa shape index (κ2) is 13.6. The summed E-state index contributed by atoms with van der Waals surface area (Å²) < 4.78 is 10.5. The predicted molar refractivity (Wildman–Crippen MR) is 112 cm³/mol. The van der Waals surface area contributed by atoms with Crippen molar-refractivity contribution < 1.29 is 14.3 Å². The Balaban J connectivity index is 0.00000576. The molecule has 0 spiro atoms. The lowest BCUT2D eigenvalue weighted by Gasteiger charge is -2.13. The van der Waals surface area contributed by atoms with Gasteiger partial charge in [0.25, 0.3) is 0 Å². The maximum atomic E-state index is 11.6. The maximum Gasteiger partial charge on any atom is 0.221 e. The van der Waals surface area contributed by atoms with Gasteiger partial charge in [-0.1, -0.05) is 6.92 Å². The number of guanidine groups is 1. The molecule has 0 saturated heterocycles. The lowest BCUT2D eigenvalue weighted by atomic mass is 10.2. The van der Waals surface area contributed by atoms with E-state index >= 15 is 0 Å². The number of ether oxygens (including phenoxy) is 2. The molecule has 1 aromatic rings. The summed E-state index contributed by atoms with van der Waals surface area (Å²) in [5, 5.41) is 9.18. The standard InChI is InChI=1S/C17H28N4O3.HI/c1-5-10-19-16(22)9-11-20-17(18-6-2)21-13-7-8-14(23-3)15(12-13)24-4;/h7-8,12H,5-6,9-11H2,1-4H3,(H,19,22)(H2,18,20,21);1H. The van der Waals surface area contributed by atoms with Crippen LogP contribution in [0.4, 0.5) is 5.69 Å². The quantitative estimate of drug-likeness (QED) is 0.297. The molecule has 7 nitrogen and oxygen atoms in total. The minimum atomic E-state index is 0. The highest BCUT2D eigenvalue weighted by Crippen LogP contribution is 2.29. The van der Waals surface area contributed by atoms with Crippen LogP contribution in [0.5, 0.6) is 11.5 Å². The highest BCUT2D eigenvalue weighted by molar-refractivity contribution is 14.0. The summed E-state index contributed by atoms with van der Waals surface area (Å²) in [6, 6.07) is 5.53. The van der Waals surface area contributed by atoms with Crippen LogP contribution in [0.1, 0.15) is 26.7 Å². The zero-order valence-electron chi connectivity index (χ0n) is 15.3. The number of anilines is 1. The first-order valence-electron chi connectivity index (χ1n) is 8.18. The van der Waals surface area contributed by atoms with Crippen molar-refractivity contribution in [2.45, 2.75) is 26.7 Å². The molecule has 142 valence electrons. The van der Waals surface area contributed by atoms with E-state index in [0.717, 1.165) is 18.7 Å². The third kappa shape index (κ3) is 8.80. The van der Waals surface area contributed by atoms with E-state index < -0.39 is 0 Å². The summed E-state index contributed by atoms with van der Waals surface area (Å²) in [6.45, 7) is 5.85. The molecule has 0 fully saturated rings. The highest BCUT2D eigenvalue weighted by atomic mass is 127. The molecule has 3 N–H and O–H groups in total. The Bertz CT molecular complexity index is 553. The van der Waals surface area contributed by atoms with Gasteiger partial charge in [0.2, 0.25) is 5.91 Å². The van der Waals surface area contributed by atoms with E-state index in [1.807, 2.05) is 32.0 Å². The van der Waals surface area contributed by atoms with Crippen LogP contribution in [0, 0.1) is 0 Å². The topological polar surface area (TPSA) is 84.0 Å². The molecule has 0 bridgehead atoms. The van der Waals surface area contributed by atoms with E-state index in [0.29, 0.717) is 37.0 Å². The van der Waals surface area contributed by atoms with Crippen LogP contribution in [-0.2, 0) is 4.79 Å². The molecule has 0 aliphatic heterocycles.